The van der Waals surface area contributed by atoms with Crippen LogP contribution in [0.5, 0.6) is 0 Å². The van der Waals surface area contributed by atoms with Crippen molar-refractivity contribution >= 4 is 5.97 Å². The fourth-order valence-corrected chi connectivity index (χ4v) is 2.62. The number of nitrogens with one attached hydrogen (secondary N) is 1. The number of carboxylic acids is 1. The summed E-state index contributed by atoms with van der Waals surface area (Å²) in [7, 11) is 4.19. The van der Waals surface area contributed by atoms with Crippen molar-refractivity contribution in [3.8, 4) is 0 Å². The molecule has 0 aliphatic carbocycles. The minimum Gasteiger partial charge on any atom is -0.480 e. The molecule has 1 rings (SSSR count). The van der Waals surface area contributed by atoms with E-state index in [1.54, 1.807) is 0 Å². The van der Waals surface area contributed by atoms with Crippen molar-refractivity contribution in [3.05, 3.63) is 0 Å². The minimum atomic E-state index is -0.747. The highest BCUT2D eigenvalue weighted by atomic mass is 16.4. The number of likely N-dealkylation sites (N-methyl/N-ethyl adjacent to an activating group) is 1. The van der Waals surface area contributed by atoms with Crippen LogP contribution < -0.4 is 5.32 Å². The Balaban J connectivity index is 2.31. The molecule has 0 saturated carbocycles. The lowest BCUT2D eigenvalue weighted by molar-refractivity contribution is -0.140. The highest BCUT2D eigenvalue weighted by molar-refractivity contribution is 5.73. The molecule has 1 fully saturated rings. The van der Waals surface area contributed by atoms with Gasteiger partial charge >= 0.3 is 5.97 Å². The number of likely N-dealkylation sites (tertiary alicyclic amines) is 1. The quantitative estimate of drug-likeness (QED) is 0.681. The smallest absolute Gasteiger partial charge is 0.322 e. The first-order chi connectivity index (χ1) is 9.02. The van der Waals surface area contributed by atoms with E-state index in [1.807, 2.05) is 14.0 Å². The van der Waals surface area contributed by atoms with E-state index in [1.165, 1.54) is 12.8 Å². The van der Waals surface area contributed by atoms with Gasteiger partial charge in [0.25, 0.3) is 0 Å². The summed E-state index contributed by atoms with van der Waals surface area (Å²) in [6.07, 6.45) is 3.41. The molecular formula is C14H29N3O2. The molecule has 1 atom stereocenters. The van der Waals surface area contributed by atoms with Crippen molar-refractivity contribution in [2.24, 2.45) is 5.92 Å². The molecule has 0 bridgehead atoms. The second-order valence-electron chi connectivity index (χ2n) is 5.81. The lowest BCUT2D eigenvalue weighted by Crippen LogP contribution is -2.47. The van der Waals surface area contributed by atoms with Crippen molar-refractivity contribution in [1.82, 2.24) is 15.1 Å². The maximum atomic E-state index is 11.2. The van der Waals surface area contributed by atoms with E-state index in [9.17, 15) is 9.90 Å². The number of hydrogen-bond donors (Lipinski definition) is 2. The van der Waals surface area contributed by atoms with Crippen LogP contribution in [0.4, 0.5) is 0 Å². The van der Waals surface area contributed by atoms with Crippen molar-refractivity contribution < 1.29 is 9.90 Å². The van der Waals surface area contributed by atoms with Gasteiger partial charge in [-0.15, -0.1) is 0 Å². The number of carbonyl (C=O) groups is 1. The second kappa shape index (κ2) is 8.51. The first kappa shape index (κ1) is 16.4. The van der Waals surface area contributed by atoms with Crippen molar-refractivity contribution in [3.63, 3.8) is 0 Å². The summed E-state index contributed by atoms with van der Waals surface area (Å²) in [4.78, 5) is 15.7. The molecule has 1 aliphatic heterocycles. The Morgan fingerprint density at radius 1 is 1.47 bits per heavy atom. The van der Waals surface area contributed by atoms with Crippen LogP contribution in [-0.4, -0.2) is 73.7 Å². The molecule has 1 unspecified atom stereocenters. The van der Waals surface area contributed by atoms with Crippen LogP contribution in [-0.2, 0) is 4.79 Å². The van der Waals surface area contributed by atoms with Gasteiger partial charge in [0.15, 0.2) is 0 Å². The maximum absolute atomic E-state index is 11.2. The maximum Gasteiger partial charge on any atom is 0.322 e. The summed E-state index contributed by atoms with van der Waals surface area (Å²) in [6, 6.07) is -0.448. The van der Waals surface area contributed by atoms with Crippen LogP contribution in [0.3, 0.4) is 0 Å². The summed E-state index contributed by atoms with van der Waals surface area (Å²) < 4.78 is 0. The monoisotopic (exact) mass is 271 g/mol. The Morgan fingerprint density at radius 2 is 2.11 bits per heavy atom. The fraction of sp³-hybridized carbons (Fsp3) is 0.929. The van der Waals surface area contributed by atoms with Crippen molar-refractivity contribution in [2.45, 2.75) is 32.2 Å². The molecule has 0 aromatic rings. The fourth-order valence-electron chi connectivity index (χ4n) is 2.62. The van der Waals surface area contributed by atoms with Gasteiger partial charge in [0.05, 0.1) is 0 Å². The third-order valence-electron chi connectivity index (χ3n) is 3.84. The second-order valence-corrected chi connectivity index (χ2v) is 5.81. The van der Waals surface area contributed by atoms with E-state index in [0.29, 0.717) is 12.5 Å². The zero-order chi connectivity index (χ0) is 14.3. The predicted molar refractivity (Wildman–Crippen MR) is 77.4 cm³/mol. The molecule has 1 heterocycles. The van der Waals surface area contributed by atoms with Crippen LogP contribution in [0.1, 0.15) is 26.2 Å². The predicted octanol–water partition coefficient (Wildman–Crippen LogP) is 0.713. The largest absolute Gasteiger partial charge is 0.480 e. The number of hydrogen-bond acceptors (Lipinski definition) is 4. The number of piperidine rings is 1. The van der Waals surface area contributed by atoms with Gasteiger partial charge in [-0.1, -0.05) is 6.92 Å². The SMILES string of the molecule is CCCNC(CN(C)CC1CCN(C)CC1)C(=O)O. The Bertz CT molecular complexity index is 265. The van der Waals surface area contributed by atoms with Crippen molar-refractivity contribution in [2.75, 3.05) is 46.8 Å². The Hall–Kier alpha value is -0.650. The van der Waals surface area contributed by atoms with Crippen LogP contribution in [0.15, 0.2) is 0 Å². The molecule has 0 aromatic carbocycles. The van der Waals surface area contributed by atoms with Crippen LogP contribution in [0.25, 0.3) is 0 Å². The van der Waals surface area contributed by atoms with Crippen LogP contribution >= 0.6 is 0 Å². The summed E-state index contributed by atoms with van der Waals surface area (Å²) in [5.41, 5.74) is 0. The highest BCUT2D eigenvalue weighted by Crippen LogP contribution is 2.16. The van der Waals surface area contributed by atoms with Gasteiger partial charge in [0, 0.05) is 13.1 Å². The molecule has 0 amide bonds. The lowest BCUT2D eigenvalue weighted by Gasteiger charge is -2.32. The van der Waals surface area contributed by atoms with Gasteiger partial charge in [0.1, 0.15) is 6.04 Å². The average Bonchev–Trinajstić information content (AvgIpc) is 2.37. The number of carboxylic acid groups (broad SMARTS) is 1. The van der Waals surface area contributed by atoms with Gasteiger partial charge in [-0.25, -0.2) is 0 Å². The zero-order valence-electron chi connectivity index (χ0n) is 12.6. The number of rotatable bonds is 8. The molecule has 112 valence electrons. The average molecular weight is 271 g/mol. The molecular weight excluding hydrogens is 242 g/mol. The van der Waals surface area contributed by atoms with Gasteiger partial charge in [-0.05, 0) is 58.9 Å². The highest BCUT2D eigenvalue weighted by Gasteiger charge is 2.22. The first-order valence-corrected chi connectivity index (χ1v) is 7.36. The van der Waals surface area contributed by atoms with E-state index >= 15 is 0 Å². The van der Waals surface area contributed by atoms with Crippen LogP contribution in [0.2, 0.25) is 0 Å². The van der Waals surface area contributed by atoms with E-state index in [4.69, 9.17) is 0 Å². The zero-order valence-corrected chi connectivity index (χ0v) is 12.6. The van der Waals surface area contributed by atoms with E-state index in [-0.39, 0.29) is 0 Å². The first-order valence-electron chi connectivity index (χ1n) is 7.36. The van der Waals surface area contributed by atoms with Gasteiger partial charge in [-0.2, -0.15) is 0 Å². The lowest BCUT2D eigenvalue weighted by atomic mass is 9.96. The van der Waals surface area contributed by atoms with Crippen LogP contribution in [0, 0.1) is 5.92 Å². The Morgan fingerprint density at radius 3 is 2.63 bits per heavy atom. The normalized spacial score (nSPS) is 19.8. The minimum absolute atomic E-state index is 0.448. The third-order valence-corrected chi connectivity index (χ3v) is 3.84. The summed E-state index contributed by atoms with van der Waals surface area (Å²) in [6.45, 7) is 6.73. The molecule has 5 nitrogen and oxygen atoms in total. The standard InChI is InChI=1S/C14H29N3O2/c1-4-7-15-13(14(18)19)11-17(3)10-12-5-8-16(2)9-6-12/h12-13,15H,4-11H2,1-3H3,(H,18,19). The Kier molecular flexibility index (Phi) is 7.34. The van der Waals surface area contributed by atoms with Crippen molar-refractivity contribution in [1.29, 1.82) is 0 Å². The molecule has 2 N–H and O–H groups in total. The summed E-state index contributed by atoms with van der Waals surface area (Å²) in [5.74, 6) is -0.0366. The Labute approximate surface area is 117 Å². The topological polar surface area (TPSA) is 55.8 Å². The summed E-state index contributed by atoms with van der Waals surface area (Å²) in [5, 5.41) is 12.3. The van der Waals surface area contributed by atoms with E-state index < -0.39 is 12.0 Å². The molecule has 19 heavy (non-hydrogen) atoms. The number of aliphatic carboxylic acids is 1. The van der Waals surface area contributed by atoms with E-state index in [2.05, 4.69) is 22.2 Å². The molecule has 5 heteroatoms. The molecule has 1 saturated heterocycles. The van der Waals surface area contributed by atoms with E-state index in [0.717, 1.165) is 32.6 Å². The third kappa shape index (κ3) is 6.36. The molecule has 1 aliphatic rings. The van der Waals surface area contributed by atoms with Gasteiger partial charge in [-0.3, -0.25) is 4.79 Å². The van der Waals surface area contributed by atoms with Gasteiger partial charge < -0.3 is 20.2 Å². The molecule has 0 aromatic heterocycles. The summed E-state index contributed by atoms with van der Waals surface area (Å²) >= 11 is 0. The number of nitrogens with zero attached hydrogens (tertiary/aromatic N) is 2. The molecule has 0 spiro atoms. The molecule has 0 radical (unpaired) electrons. The van der Waals surface area contributed by atoms with Gasteiger partial charge in [0.2, 0.25) is 0 Å².